The molecule has 0 aliphatic heterocycles. The minimum atomic E-state index is -0.382. The van der Waals surface area contributed by atoms with Crippen molar-refractivity contribution >= 4 is 51.7 Å². The van der Waals surface area contributed by atoms with E-state index in [0.717, 1.165) is 9.13 Å². The summed E-state index contributed by atoms with van der Waals surface area (Å²) < 4.78 is 5.96. The summed E-state index contributed by atoms with van der Waals surface area (Å²) in [5, 5.41) is 2.50. The van der Waals surface area contributed by atoms with Gasteiger partial charge in [-0.05, 0) is 72.1 Å². The molecule has 0 fully saturated rings. The van der Waals surface area contributed by atoms with E-state index in [4.69, 9.17) is 17.0 Å². The largest absolute Gasteiger partial charge is 0.496 e. The van der Waals surface area contributed by atoms with Crippen molar-refractivity contribution in [3.63, 3.8) is 0 Å². The first-order chi connectivity index (χ1) is 11.9. The molecule has 3 N–H and O–H groups in total. The highest BCUT2D eigenvalue weighted by Gasteiger charge is 2.11. The smallest absolute Gasteiger partial charge is 0.269 e. The van der Waals surface area contributed by atoms with Gasteiger partial charge in [0.15, 0.2) is 5.11 Å². The number of hydrogen-bond donors (Lipinski definition) is 3. The van der Waals surface area contributed by atoms with E-state index in [2.05, 4.69) is 38.8 Å². The van der Waals surface area contributed by atoms with Crippen LogP contribution in [0.5, 0.6) is 5.75 Å². The number of ether oxygens (including phenoxy) is 1. The zero-order valence-corrected chi connectivity index (χ0v) is 16.5. The molecule has 0 radical (unpaired) electrons. The maximum absolute atomic E-state index is 12.1. The molecule has 25 heavy (non-hydrogen) atoms. The number of thiocarbonyl (C=S) groups is 1. The van der Waals surface area contributed by atoms with Gasteiger partial charge in [0, 0.05) is 11.1 Å². The number of benzene rings is 2. The first kappa shape index (κ1) is 19.1. The number of amides is 2. The van der Waals surface area contributed by atoms with E-state index >= 15 is 0 Å². The van der Waals surface area contributed by atoms with Crippen molar-refractivity contribution in [2.75, 3.05) is 7.11 Å². The lowest BCUT2D eigenvalue weighted by Gasteiger charge is -2.11. The van der Waals surface area contributed by atoms with Crippen LogP contribution in [0.15, 0.2) is 42.5 Å². The topological polar surface area (TPSA) is 79.5 Å². The number of nitrogens with one attached hydrogen (secondary N) is 3. The van der Waals surface area contributed by atoms with E-state index < -0.39 is 0 Å². The van der Waals surface area contributed by atoms with Crippen molar-refractivity contribution in [3.8, 4) is 5.75 Å². The third-order valence-corrected chi connectivity index (χ3v) is 4.29. The summed E-state index contributed by atoms with van der Waals surface area (Å²) in [5.74, 6) is -0.0516. The number of carbonyl (C=O) groups is 2. The molecule has 2 aromatic carbocycles. The number of hydrazine groups is 1. The number of rotatable bonds is 3. The fourth-order valence-electron chi connectivity index (χ4n) is 1.90. The number of methoxy groups -OCH3 is 1. The van der Waals surface area contributed by atoms with Crippen molar-refractivity contribution in [2.45, 2.75) is 6.92 Å². The van der Waals surface area contributed by atoms with Gasteiger partial charge in [0.25, 0.3) is 11.8 Å². The van der Waals surface area contributed by atoms with Crippen LogP contribution in [0.2, 0.25) is 0 Å². The van der Waals surface area contributed by atoms with Crippen LogP contribution in [-0.4, -0.2) is 24.0 Å². The molecule has 2 aromatic rings. The Balaban J connectivity index is 1.88. The molecule has 0 heterocycles. The van der Waals surface area contributed by atoms with E-state index in [0.29, 0.717) is 16.9 Å². The van der Waals surface area contributed by atoms with Crippen LogP contribution < -0.4 is 20.9 Å². The van der Waals surface area contributed by atoms with Gasteiger partial charge in [-0.15, -0.1) is 0 Å². The van der Waals surface area contributed by atoms with Crippen LogP contribution in [0.25, 0.3) is 0 Å². The summed E-state index contributed by atoms with van der Waals surface area (Å²) in [6.45, 7) is 1.93. The predicted molar refractivity (Wildman–Crippen MR) is 108 cm³/mol. The zero-order chi connectivity index (χ0) is 18.4. The van der Waals surface area contributed by atoms with Crippen LogP contribution >= 0.6 is 34.8 Å². The Kier molecular flexibility index (Phi) is 6.71. The van der Waals surface area contributed by atoms with Gasteiger partial charge in [-0.2, -0.15) is 0 Å². The normalized spacial score (nSPS) is 9.88. The van der Waals surface area contributed by atoms with E-state index in [1.54, 1.807) is 37.4 Å². The molecule has 0 unspecified atom stereocenters. The first-order valence-corrected chi connectivity index (χ1v) is 8.71. The van der Waals surface area contributed by atoms with Crippen LogP contribution in [0, 0.1) is 10.5 Å². The highest BCUT2D eigenvalue weighted by Crippen LogP contribution is 2.21. The molecule has 0 aromatic heterocycles. The molecule has 0 aliphatic rings. The lowest BCUT2D eigenvalue weighted by Crippen LogP contribution is -2.48. The van der Waals surface area contributed by atoms with Crippen molar-refractivity contribution in [2.24, 2.45) is 0 Å². The predicted octanol–water partition coefficient (Wildman–Crippen LogP) is 2.56. The van der Waals surface area contributed by atoms with Crippen molar-refractivity contribution < 1.29 is 14.3 Å². The molecule has 6 nitrogen and oxygen atoms in total. The zero-order valence-electron chi connectivity index (χ0n) is 13.6. The maximum atomic E-state index is 12.1. The highest BCUT2D eigenvalue weighted by atomic mass is 127. The third-order valence-electron chi connectivity index (χ3n) is 3.24. The number of aryl methyl sites for hydroxylation is 1. The highest BCUT2D eigenvalue weighted by molar-refractivity contribution is 14.1. The lowest BCUT2D eigenvalue weighted by molar-refractivity contribution is 0.0934. The average Bonchev–Trinajstić information content (AvgIpc) is 2.60. The Morgan fingerprint density at radius 3 is 2.24 bits per heavy atom. The molecule has 0 aliphatic carbocycles. The van der Waals surface area contributed by atoms with Gasteiger partial charge in [-0.3, -0.25) is 25.8 Å². The number of halogens is 1. The van der Waals surface area contributed by atoms with Crippen molar-refractivity contribution in [1.29, 1.82) is 0 Å². The first-order valence-electron chi connectivity index (χ1n) is 7.22. The Hall–Kier alpha value is -2.20. The van der Waals surface area contributed by atoms with Gasteiger partial charge in [0.05, 0.1) is 10.7 Å². The quantitative estimate of drug-likeness (QED) is 0.366. The summed E-state index contributed by atoms with van der Waals surface area (Å²) in [6, 6.07) is 12.1. The van der Waals surface area contributed by atoms with E-state index in [-0.39, 0.29) is 16.9 Å². The van der Waals surface area contributed by atoms with E-state index in [1.807, 2.05) is 19.1 Å². The van der Waals surface area contributed by atoms with Crippen LogP contribution in [0.4, 0.5) is 0 Å². The molecule has 0 spiro atoms. The van der Waals surface area contributed by atoms with Crippen LogP contribution in [0.1, 0.15) is 26.3 Å². The molecule has 8 heteroatoms. The molecule has 0 bridgehead atoms. The minimum absolute atomic E-state index is 0.00198. The molecule has 130 valence electrons. The maximum Gasteiger partial charge on any atom is 0.269 e. The molecule has 0 atom stereocenters. The Labute approximate surface area is 164 Å². The van der Waals surface area contributed by atoms with E-state index in [1.165, 1.54) is 0 Å². The van der Waals surface area contributed by atoms with Gasteiger partial charge in [0.1, 0.15) is 5.75 Å². The standard InChI is InChI=1S/C17H16IN3O3S/c1-10-3-5-11(6-4-10)15(22)19-17(25)21-20-16(23)12-7-8-14(24-2)13(18)9-12/h3-9H,1-2H3,(H,20,23)(H2,19,21,22,25). The molecule has 2 amide bonds. The summed E-state index contributed by atoms with van der Waals surface area (Å²) >= 11 is 7.09. The third kappa shape index (κ3) is 5.40. The number of hydrogen-bond acceptors (Lipinski definition) is 4. The Morgan fingerprint density at radius 2 is 1.64 bits per heavy atom. The Morgan fingerprint density at radius 1 is 1.00 bits per heavy atom. The monoisotopic (exact) mass is 469 g/mol. The summed E-state index contributed by atoms with van der Waals surface area (Å²) in [7, 11) is 1.56. The molecule has 0 saturated carbocycles. The molecule has 2 rings (SSSR count). The molecular formula is C17H16IN3O3S. The van der Waals surface area contributed by atoms with Crippen molar-refractivity contribution in [3.05, 3.63) is 62.7 Å². The average molecular weight is 469 g/mol. The van der Waals surface area contributed by atoms with Crippen molar-refractivity contribution in [1.82, 2.24) is 16.2 Å². The second-order valence-electron chi connectivity index (χ2n) is 5.08. The summed E-state index contributed by atoms with van der Waals surface area (Å²) in [6.07, 6.45) is 0. The SMILES string of the molecule is COc1ccc(C(=O)NNC(=S)NC(=O)c2ccc(C)cc2)cc1I. The van der Waals surface area contributed by atoms with Gasteiger partial charge >= 0.3 is 0 Å². The lowest BCUT2D eigenvalue weighted by atomic mass is 10.1. The van der Waals surface area contributed by atoms with E-state index in [9.17, 15) is 9.59 Å². The minimum Gasteiger partial charge on any atom is -0.496 e. The molecular weight excluding hydrogens is 453 g/mol. The Bertz CT molecular complexity index is 809. The fourth-order valence-corrected chi connectivity index (χ4v) is 2.78. The van der Waals surface area contributed by atoms with Gasteiger partial charge in [-0.1, -0.05) is 17.7 Å². The summed E-state index contributed by atoms with van der Waals surface area (Å²) in [4.78, 5) is 24.1. The molecule has 0 saturated heterocycles. The number of carbonyl (C=O) groups excluding carboxylic acids is 2. The van der Waals surface area contributed by atoms with Gasteiger partial charge in [0.2, 0.25) is 0 Å². The second kappa shape index (κ2) is 8.77. The van der Waals surface area contributed by atoms with Crippen LogP contribution in [0.3, 0.4) is 0 Å². The fraction of sp³-hybridized carbons (Fsp3) is 0.118. The summed E-state index contributed by atoms with van der Waals surface area (Å²) in [5.41, 5.74) is 6.92. The van der Waals surface area contributed by atoms with Gasteiger partial charge in [-0.25, -0.2) is 0 Å². The van der Waals surface area contributed by atoms with Gasteiger partial charge < -0.3 is 4.74 Å². The second-order valence-corrected chi connectivity index (χ2v) is 6.65. The van der Waals surface area contributed by atoms with Crippen LogP contribution in [-0.2, 0) is 0 Å².